The Bertz CT molecular complexity index is 493. The number of nitrogens with one attached hydrogen (secondary N) is 2. The molecule has 116 valence electrons. The van der Waals surface area contributed by atoms with E-state index in [0.29, 0.717) is 19.1 Å². The third-order valence-corrected chi connectivity index (χ3v) is 4.96. The number of carbonyl (C=O) groups excluding carboxylic acids is 1. The molecule has 2 aliphatic rings. The topological polar surface area (TPSA) is 66.5 Å². The van der Waals surface area contributed by atoms with Gasteiger partial charge in [0.15, 0.2) is 0 Å². The number of aryl methyl sites for hydroxylation is 1. The average molecular weight is 310 g/mol. The van der Waals surface area contributed by atoms with E-state index < -0.39 is 0 Å². The average Bonchev–Trinajstić information content (AvgIpc) is 3.10. The maximum absolute atomic E-state index is 11.8. The Kier molecular flexibility index (Phi) is 4.72. The first-order valence-corrected chi connectivity index (χ1v) is 8.31. The fourth-order valence-electron chi connectivity index (χ4n) is 2.93. The molecule has 0 spiro atoms. The van der Waals surface area contributed by atoms with Gasteiger partial charge in [0.2, 0.25) is 0 Å². The van der Waals surface area contributed by atoms with Crippen molar-refractivity contribution in [2.75, 3.05) is 26.2 Å². The Hall–Kier alpha value is -1.18. The van der Waals surface area contributed by atoms with Gasteiger partial charge in [-0.15, -0.1) is 11.3 Å². The number of nitrogens with zero attached hydrogens (tertiary/aromatic N) is 2. The minimum absolute atomic E-state index is 0.107. The van der Waals surface area contributed by atoms with Crippen molar-refractivity contribution >= 4 is 17.4 Å². The van der Waals surface area contributed by atoms with E-state index in [2.05, 4.69) is 20.5 Å². The molecular formula is C14H22N4O2S. The standard InChI is InChI=1S/C14H22N4O2S/c1-10-15-6-13(21-10)7-17-14(19)16-5-12-8-18-4-2-3-11(18)9-20-12/h6,11-12H,2-5,7-9H2,1H3,(H2,16,17,19). The number of amides is 2. The molecule has 0 bridgehead atoms. The van der Waals surface area contributed by atoms with Gasteiger partial charge >= 0.3 is 6.03 Å². The second kappa shape index (κ2) is 6.72. The van der Waals surface area contributed by atoms with Crippen molar-refractivity contribution < 1.29 is 9.53 Å². The third-order valence-electron chi connectivity index (χ3n) is 4.04. The van der Waals surface area contributed by atoms with Crippen LogP contribution in [0.3, 0.4) is 0 Å². The molecule has 0 saturated carbocycles. The number of urea groups is 1. The predicted molar refractivity (Wildman–Crippen MR) is 81.4 cm³/mol. The van der Waals surface area contributed by atoms with E-state index in [1.54, 1.807) is 17.5 Å². The first-order valence-electron chi connectivity index (χ1n) is 7.49. The van der Waals surface area contributed by atoms with Gasteiger partial charge in [0, 0.05) is 30.2 Å². The number of morpholine rings is 1. The van der Waals surface area contributed by atoms with Crippen LogP contribution < -0.4 is 10.6 Å². The van der Waals surface area contributed by atoms with E-state index in [-0.39, 0.29) is 12.1 Å². The lowest BCUT2D eigenvalue weighted by Gasteiger charge is -2.35. The van der Waals surface area contributed by atoms with Crippen LogP contribution in [0.2, 0.25) is 0 Å². The normalized spacial score (nSPS) is 25.6. The van der Waals surface area contributed by atoms with Crippen molar-refractivity contribution in [3.05, 3.63) is 16.1 Å². The van der Waals surface area contributed by atoms with E-state index >= 15 is 0 Å². The summed E-state index contributed by atoms with van der Waals surface area (Å²) in [6.07, 6.45) is 4.42. The van der Waals surface area contributed by atoms with Gasteiger partial charge in [-0.05, 0) is 26.3 Å². The summed E-state index contributed by atoms with van der Waals surface area (Å²) in [6, 6.07) is 0.456. The molecule has 7 heteroatoms. The summed E-state index contributed by atoms with van der Waals surface area (Å²) in [5, 5.41) is 6.76. The Morgan fingerprint density at radius 1 is 1.57 bits per heavy atom. The predicted octanol–water partition coefficient (Wildman–Crippen LogP) is 1.11. The molecule has 3 rings (SSSR count). The molecule has 0 radical (unpaired) electrons. The summed E-state index contributed by atoms with van der Waals surface area (Å²) in [6.45, 7) is 5.95. The van der Waals surface area contributed by atoms with Gasteiger partial charge in [-0.25, -0.2) is 9.78 Å². The first kappa shape index (κ1) is 14.7. The van der Waals surface area contributed by atoms with Crippen LogP contribution in [0, 0.1) is 6.92 Å². The summed E-state index contributed by atoms with van der Waals surface area (Å²) in [7, 11) is 0. The molecule has 2 amide bonds. The Morgan fingerprint density at radius 2 is 2.48 bits per heavy atom. The van der Waals surface area contributed by atoms with Gasteiger partial charge in [0.1, 0.15) is 0 Å². The molecule has 3 heterocycles. The number of hydrogen-bond donors (Lipinski definition) is 2. The fraction of sp³-hybridized carbons (Fsp3) is 0.714. The molecule has 21 heavy (non-hydrogen) atoms. The van der Waals surface area contributed by atoms with E-state index in [1.807, 2.05) is 6.92 Å². The fourth-order valence-corrected chi connectivity index (χ4v) is 3.67. The number of rotatable bonds is 4. The number of hydrogen-bond acceptors (Lipinski definition) is 5. The molecule has 0 aliphatic carbocycles. The molecule has 2 unspecified atom stereocenters. The molecule has 6 nitrogen and oxygen atoms in total. The first-order chi connectivity index (χ1) is 10.2. The molecular weight excluding hydrogens is 288 g/mol. The minimum Gasteiger partial charge on any atom is -0.373 e. The summed E-state index contributed by atoms with van der Waals surface area (Å²) < 4.78 is 5.82. The van der Waals surface area contributed by atoms with E-state index in [1.165, 1.54) is 19.4 Å². The van der Waals surface area contributed by atoms with Crippen LogP contribution in [0.25, 0.3) is 0 Å². The molecule has 2 atom stereocenters. The monoisotopic (exact) mass is 310 g/mol. The van der Waals surface area contributed by atoms with Crippen LogP contribution in [-0.4, -0.2) is 54.3 Å². The number of aromatic nitrogens is 1. The molecule has 2 aliphatic heterocycles. The van der Waals surface area contributed by atoms with Crippen LogP contribution in [-0.2, 0) is 11.3 Å². The Labute approximate surface area is 128 Å². The summed E-state index contributed by atoms with van der Waals surface area (Å²) in [5.74, 6) is 0. The highest BCUT2D eigenvalue weighted by molar-refractivity contribution is 7.11. The molecule has 2 N–H and O–H groups in total. The van der Waals surface area contributed by atoms with Gasteiger partial charge in [0.25, 0.3) is 0 Å². The smallest absolute Gasteiger partial charge is 0.315 e. The number of thiazole rings is 1. The van der Waals surface area contributed by atoms with Crippen molar-refractivity contribution in [1.29, 1.82) is 0 Å². The van der Waals surface area contributed by atoms with Gasteiger partial charge in [-0.1, -0.05) is 0 Å². The number of ether oxygens (including phenoxy) is 1. The van der Waals surface area contributed by atoms with E-state index in [0.717, 1.165) is 23.0 Å². The Balaban J connectivity index is 1.36. The highest BCUT2D eigenvalue weighted by Gasteiger charge is 2.32. The van der Waals surface area contributed by atoms with Gasteiger partial charge in [0.05, 0.1) is 24.3 Å². The summed E-state index contributed by atoms with van der Waals surface area (Å²) >= 11 is 1.60. The van der Waals surface area contributed by atoms with Gasteiger partial charge in [-0.2, -0.15) is 0 Å². The van der Waals surface area contributed by atoms with Crippen molar-refractivity contribution in [1.82, 2.24) is 20.5 Å². The van der Waals surface area contributed by atoms with Crippen molar-refractivity contribution in [2.24, 2.45) is 0 Å². The van der Waals surface area contributed by atoms with Crippen molar-refractivity contribution in [3.63, 3.8) is 0 Å². The summed E-state index contributed by atoms with van der Waals surface area (Å²) in [4.78, 5) is 19.5. The van der Waals surface area contributed by atoms with Crippen molar-refractivity contribution in [3.8, 4) is 0 Å². The van der Waals surface area contributed by atoms with E-state index in [9.17, 15) is 4.79 Å². The molecule has 0 aromatic carbocycles. The lowest BCUT2D eigenvalue weighted by Crippen LogP contribution is -2.51. The minimum atomic E-state index is -0.145. The number of fused-ring (bicyclic) bond motifs is 1. The lowest BCUT2D eigenvalue weighted by atomic mass is 10.2. The third kappa shape index (κ3) is 3.93. The van der Waals surface area contributed by atoms with Gasteiger partial charge in [-0.3, -0.25) is 4.90 Å². The van der Waals surface area contributed by atoms with Crippen LogP contribution in [0.1, 0.15) is 22.7 Å². The van der Waals surface area contributed by atoms with Gasteiger partial charge < -0.3 is 15.4 Å². The largest absolute Gasteiger partial charge is 0.373 e. The van der Waals surface area contributed by atoms with Crippen LogP contribution >= 0.6 is 11.3 Å². The highest BCUT2D eigenvalue weighted by Crippen LogP contribution is 2.22. The molecule has 2 saturated heterocycles. The second-order valence-electron chi connectivity index (χ2n) is 5.66. The van der Waals surface area contributed by atoms with Crippen LogP contribution in [0.4, 0.5) is 4.79 Å². The molecule has 1 aromatic heterocycles. The van der Waals surface area contributed by atoms with Crippen molar-refractivity contribution in [2.45, 2.75) is 38.5 Å². The molecule has 2 fully saturated rings. The van der Waals surface area contributed by atoms with Crippen LogP contribution in [0.5, 0.6) is 0 Å². The zero-order valence-electron chi connectivity index (χ0n) is 12.3. The Morgan fingerprint density at radius 3 is 3.29 bits per heavy atom. The SMILES string of the molecule is Cc1ncc(CNC(=O)NCC2CN3CCCC3CO2)s1. The zero-order chi connectivity index (χ0) is 14.7. The quantitative estimate of drug-likeness (QED) is 0.874. The summed E-state index contributed by atoms with van der Waals surface area (Å²) in [5.41, 5.74) is 0. The lowest BCUT2D eigenvalue weighted by molar-refractivity contribution is -0.0457. The maximum atomic E-state index is 11.8. The highest BCUT2D eigenvalue weighted by atomic mass is 32.1. The maximum Gasteiger partial charge on any atom is 0.315 e. The zero-order valence-corrected chi connectivity index (χ0v) is 13.1. The second-order valence-corrected chi connectivity index (χ2v) is 6.97. The molecule has 1 aromatic rings. The number of carbonyl (C=O) groups is 1. The van der Waals surface area contributed by atoms with Crippen LogP contribution in [0.15, 0.2) is 6.20 Å². The van der Waals surface area contributed by atoms with E-state index in [4.69, 9.17) is 4.74 Å².